The van der Waals surface area contributed by atoms with Crippen LogP contribution in [0.25, 0.3) is 33.2 Å². The molecule has 0 amide bonds. The summed E-state index contributed by atoms with van der Waals surface area (Å²) in [6, 6.07) is 23.7. The van der Waals surface area contributed by atoms with Crippen molar-refractivity contribution in [1.82, 2.24) is 4.98 Å². The fourth-order valence-corrected chi connectivity index (χ4v) is 3.03. The van der Waals surface area contributed by atoms with E-state index < -0.39 is 0 Å². The summed E-state index contributed by atoms with van der Waals surface area (Å²) in [6.07, 6.45) is 5.63. The molecule has 1 aromatic heterocycles. The normalized spacial score (nSPS) is 10.1. The fourth-order valence-electron chi connectivity index (χ4n) is 3.03. The van der Waals surface area contributed by atoms with Crippen LogP contribution < -0.4 is 4.57 Å². The largest absolute Gasteiger partial charge is 0.260 e. The first-order valence-corrected chi connectivity index (χ1v) is 7.97. The molecule has 4 radical (unpaired) electrons. The third kappa shape index (κ3) is 3.79. The monoisotopic (exact) mass is 409 g/mol. The predicted octanol–water partition coefficient (Wildman–Crippen LogP) is 3.92. The number of hydrogen-bond acceptors (Lipinski definition) is 1. The Labute approximate surface area is 181 Å². The fraction of sp³-hybridized carbons (Fsp3) is 0.0909. The number of fused-ring (bicyclic) bond motifs is 1. The molecule has 0 unspecified atom stereocenters. The number of aromatic nitrogens is 2. The Morgan fingerprint density at radius 2 is 1.81 bits per heavy atom. The minimum absolute atomic E-state index is 0. The topological polar surface area (TPSA) is 16.8 Å². The summed E-state index contributed by atoms with van der Waals surface area (Å²) in [5.41, 5.74) is 5.45. The first-order chi connectivity index (χ1) is 11.7. The van der Waals surface area contributed by atoms with Crippen molar-refractivity contribution in [1.29, 1.82) is 0 Å². The average molecular weight is 409 g/mol. The van der Waals surface area contributed by atoms with Crippen LogP contribution in [0, 0.1) is 19.1 Å². The van der Waals surface area contributed by atoms with E-state index in [-0.39, 0.29) is 41.1 Å². The number of rotatable bonds is 2. The van der Waals surface area contributed by atoms with Crippen molar-refractivity contribution >= 4 is 19.2 Å². The Kier molecular flexibility index (Phi) is 6.86. The van der Waals surface area contributed by atoms with Gasteiger partial charge >= 0.3 is 0 Å². The molecule has 26 heavy (non-hydrogen) atoms. The second-order valence-corrected chi connectivity index (χ2v) is 5.94. The minimum Gasteiger partial charge on any atom is -0.260 e. The Bertz CT molecular complexity index is 1040. The molecular formula is C22H17BN2Y-. The molecule has 122 valence electrons. The van der Waals surface area contributed by atoms with Crippen molar-refractivity contribution in [2.45, 2.75) is 6.92 Å². The van der Waals surface area contributed by atoms with Crippen LogP contribution in [0.4, 0.5) is 0 Å². The van der Waals surface area contributed by atoms with Crippen LogP contribution in [0.15, 0.2) is 67.1 Å². The molecule has 0 saturated heterocycles. The van der Waals surface area contributed by atoms with Crippen LogP contribution in [-0.2, 0) is 39.8 Å². The van der Waals surface area contributed by atoms with E-state index in [0.717, 1.165) is 22.4 Å². The van der Waals surface area contributed by atoms with Gasteiger partial charge in [-0.05, 0) is 0 Å². The van der Waals surface area contributed by atoms with Crippen LogP contribution in [-0.4, -0.2) is 13.4 Å². The molecule has 0 aliphatic heterocycles. The van der Waals surface area contributed by atoms with Gasteiger partial charge in [0.2, 0.25) is 0 Å². The smallest absolute Gasteiger partial charge is 0.180 e. The van der Waals surface area contributed by atoms with Crippen molar-refractivity contribution in [3.05, 3.63) is 84.8 Å². The first kappa shape index (κ1) is 20.5. The van der Waals surface area contributed by atoms with Crippen molar-refractivity contribution in [2.24, 2.45) is 7.05 Å². The second kappa shape index (κ2) is 8.70. The maximum absolute atomic E-state index is 4.27. The van der Waals surface area contributed by atoms with Gasteiger partial charge in [-0.1, -0.05) is 30.7 Å². The van der Waals surface area contributed by atoms with Gasteiger partial charge in [0, 0.05) is 41.1 Å². The molecule has 0 bridgehead atoms. The maximum Gasteiger partial charge on any atom is 0.180 e. The number of aryl methyl sites for hydroxylation is 2. The molecule has 0 N–H and O–H groups in total. The summed E-state index contributed by atoms with van der Waals surface area (Å²) in [6.45, 7) is 2.11. The third-order valence-corrected chi connectivity index (χ3v) is 4.35. The van der Waals surface area contributed by atoms with E-state index in [1.165, 1.54) is 16.3 Å². The van der Waals surface area contributed by atoms with Crippen LogP contribution in [0.3, 0.4) is 0 Å². The van der Waals surface area contributed by atoms with Gasteiger partial charge in [-0.2, -0.15) is 29.8 Å². The van der Waals surface area contributed by atoms with E-state index in [1.54, 1.807) is 6.20 Å². The van der Waals surface area contributed by atoms with Gasteiger partial charge in [0.1, 0.15) is 7.05 Å². The Morgan fingerprint density at radius 1 is 1.00 bits per heavy atom. The Morgan fingerprint density at radius 3 is 2.62 bits per heavy atom. The van der Waals surface area contributed by atoms with E-state index >= 15 is 0 Å². The van der Waals surface area contributed by atoms with E-state index in [0.29, 0.717) is 0 Å². The Balaban J connectivity index is 0.00000121. The Hall–Kier alpha value is -1.83. The van der Waals surface area contributed by atoms with E-state index in [1.807, 2.05) is 25.5 Å². The molecule has 4 heteroatoms. The van der Waals surface area contributed by atoms with E-state index in [4.69, 9.17) is 0 Å². The standard InChI is InChI=1S/C22H17N2.B.Y/c1-16-10-11-18(14-21(16)22-15-23-12-13-24(22)2)20-9-5-7-17-6-3-4-8-19(17)20;;/h3-8,10-13,15H,1-2H3;;/q-1;;. The molecule has 4 aromatic rings. The molecule has 0 saturated carbocycles. The van der Waals surface area contributed by atoms with Crippen LogP contribution in [0.2, 0.25) is 0 Å². The van der Waals surface area contributed by atoms with Crippen LogP contribution in [0.1, 0.15) is 5.56 Å². The van der Waals surface area contributed by atoms with Gasteiger partial charge in [0.25, 0.3) is 0 Å². The van der Waals surface area contributed by atoms with E-state index in [2.05, 4.69) is 71.1 Å². The summed E-state index contributed by atoms with van der Waals surface area (Å²) < 4.78 is 2.07. The predicted molar refractivity (Wildman–Crippen MR) is 102 cm³/mol. The second-order valence-electron chi connectivity index (χ2n) is 5.94. The van der Waals surface area contributed by atoms with Gasteiger partial charge in [-0.3, -0.25) is 4.98 Å². The van der Waals surface area contributed by atoms with Crippen molar-refractivity contribution in [3.63, 3.8) is 0 Å². The van der Waals surface area contributed by atoms with Crippen LogP contribution >= 0.6 is 0 Å². The van der Waals surface area contributed by atoms with Crippen molar-refractivity contribution in [3.8, 4) is 22.4 Å². The maximum atomic E-state index is 4.27. The molecule has 1 heterocycles. The zero-order chi connectivity index (χ0) is 16.5. The molecule has 0 atom stereocenters. The average Bonchev–Trinajstić information content (AvgIpc) is 2.62. The molecular weight excluding hydrogens is 392 g/mol. The molecule has 4 rings (SSSR count). The van der Waals surface area contributed by atoms with Gasteiger partial charge in [-0.25, -0.2) is 10.1 Å². The van der Waals surface area contributed by atoms with Gasteiger partial charge < -0.3 is 0 Å². The van der Waals surface area contributed by atoms with Crippen molar-refractivity contribution in [2.75, 3.05) is 0 Å². The SMILES string of the molecule is Cc1ccc(-c2[c-]ccc3ccccc23)[c-]c1-c1cncc[n+]1C.[B].[Y]. The summed E-state index contributed by atoms with van der Waals surface area (Å²) in [5.74, 6) is 0. The molecule has 0 fully saturated rings. The number of nitrogens with zero attached hydrogens (tertiary/aromatic N) is 2. The third-order valence-electron chi connectivity index (χ3n) is 4.35. The van der Waals surface area contributed by atoms with E-state index in [9.17, 15) is 0 Å². The molecule has 3 aromatic carbocycles. The minimum atomic E-state index is 0. The van der Waals surface area contributed by atoms with Gasteiger partial charge in [0.05, 0.1) is 12.4 Å². The molecule has 0 spiro atoms. The van der Waals surface area contributed by atoms with Crippen molar-refractivity contribution < 1.29 is 37.3 Å². The van der Waals surface area contributed by atoms with Crippen LogP contribution in [0.5, 0.6) is 0 Å². The quantitative estimate of drug-likeness (QED) is 0.279. The number of benzene rings is 3. The summed E-state index contributed by atoms with van der Waals surface area (Å²) in [4.78, 5) is 4.27. The summed E-state index contributed by atoms with van der Waals surface area (Å²) in [7, 11) is 2.03. The number of hydrogen-bond donors (Lipinski definition) is 0. The molecule has 0 aliphatic carbocycles. The molecule has 2 nitrogen and oxygen atoms in total. The molecule has 0 aliphatic rings. The summed E-state index contributed by atoms with van der Waals surface area (Å²) >= 11 is 0. The van der Waals surface area contributed by atoms with Gasteiger partial charge in [0.15, 0.2) is 11.9 Å². The summed E-state index contributed by atoms with van der Waals surface area (Å²) in [5, 5.41) is 2.41. The zero-order valence-electron chi connectivity index (χ0n) is 14.9. The first-order valence-electron chi connectivity index (χ1n) is 7.97. The zero-order valence-corrected chi connectivity index (χ0v) is 17.7. The van der Waals surface area contributed by atoms with Gasteiger partial charge in [-0.15, -0.1) is 34.5 Å².